The molecule has 9 heteroatoms. The fourth-order valence-electron chi connectivity index (χ4n) is 3.38. The highest BCUT2D eigenvalue weighted by Crippen LogP contribution is 2.40. The highest BCUT2D eigenvalue weighted by molar-refractivity contribution is 6.32. The topological polar surface area (TPSA) is 118 Å². The van der Waals surface area contributed by atoms with E-state index in [2.05, 4.69) is 15.5 Å². The summed E-state index contributed by atoms with van der Waals surface area (Å²) in [4.78, 5) is 35.6. The summed E-state index contributed by atoms with van der Waals surface area (Å²) in [5, 5.41) is 20.5. The first kappa shape index (κ1) is 17.9. The molecule has 4 rings (SSSR count). The number of aromatic amines is 1. The van der Waals surface area contributed by atoms with Gasteiger partial charge in [0.1, 0.15) is 10.7 Å². The molecule has 1 aliphatic heterocycles. The lowest BCUT2D eigenvalue weighted by Crippen LogP contribution is -2.31. The Bertz CT molecular complexity index is 1160. The van der Waals surface area contributed by atoms with Gasteiger partial charge in [-0.2, -0.15) is 5.10 Å². The molecule has 2 N–H and O–H groups in total. The lowest BCUT2D eigenvalue weighted by Gasteiger charge is -2.26. The summed E-state index contributed by atoms with van der Waals surface area (Å²) >= 11 is 5.90. The number of nitro groups is 1. The number of nitrogens with one attached hydrogen (secondary N) is 2. The van der Waals surface area contributed by atoms with Crippen molar-refractivity contribution in [2.24, 2.45) is 0 Å². The second-order valence-electron chi connectivity index (χ2n) is 6.33. The minimum absolute atomic E-state index is 0.0113. The number of nitro benzene ring substituents is 1. The summed E-state index contributed by atoms with van der Waals surface area (Å²) in [6.07, 6.45) is -0.0207. The van der Waals surface area contributed by atoms with Crippen LogP contribution in [0.5, 0.6) is 0 Å². The van der Waals surface area contributed by atoms with Gasteiger partial charge in [0.05, 0.1) is 16.2 Å². The number of amides is 1. The Kier molecular flexibility index (Phi) is 4.40. The van der Waals surface area contributed by atoms with Gasteiger partial charge >= 0.3 is 0 Å². The van der Waals surface area contributed by atoms with Crippen LogP contribution in [-0.2, 0) is 4.79 Å². The minimum Gasteiger partial charge on any atom is -0.324 e. The number of hydrogen-bond donors (Lipinski definition) is 2. The Morgan fingerprint density at radius 2 is 1.89 bits per heavy atom. The number of rotatable bonds is 3. The van der Waals surface area contributed by atoms with Crippen LogP contribution in [0.3, 0.4) is 0 Å². The molecule has 1 aromatic heterocycles. The van der Waals surface area contributed by atoms with Crippen molar-refractivity contribution in [3.05, 3.63) is 85.1 Å². The Labute approximate surface area is 163 Å². The van der Waals surface area contributed by atoms with Crippen molar-refractivity contribution in [1.29, 1.82) is 0 Å². The monoisotopic (exact) mass is 396 g/mol. The summed E-state index contributed by atoms with van der Waals surface area (Å²) in [6, 6.07) is 13.4. The van der Waals surface area contributed by atoms with Gasteiger partial charge in [-0.3, -0.25) is 19.7 Å². The predicted molar refractivity (Wildman–Crippen MR) is 103 cm³/mol. The Morgan fingerprint density at radius 3 is 2.61 bits per heavy atom. The highest BCUT2D eigenvalue weighted by atomic mass is 35.5. The molecule has 28 heavy (non-hydrogen) atoms. The van der Waals surface area contributed by atoms with E-state index in [1.54, 1.807) is 6.07 Å². The molecule has 0 spiro atoms. The van der Waals surface area contributed by atoms with Gasteiger partial charge in [-0.1, -0.05) is 48.0 Å². The highest BCUT2D eigenvalue weighted by Gasteiger charge is 2.33. The van der Waals surface area contributed by atoms with Gasteiger partial charge in [-0.05, 0) is 11.6 Å². The molecular formula is C19H13ClN4O4. The van der Waals surface area contributed by atoms with Gasteiger partial charge in [-0.15, -0.1) is 0 Å². The van der Waals surface area contributed by atoms with Crippen LogP contribution < -0.4 is 10.9 Å². The van der Waals surface area contributed by atoms with Crippen LogP contribution in [0.15, 0.2) is 53.3 Å². The number of hydrogen-bond acceptors (Lipinski definition) is 5. The van der Waals surface area contributed by atoms with Crippen molar-refractivity contribution in [2.45, 2.75) is 12.3 Å². The minimum atomic E-state index is -0.658. The average Bonchev–Trinajstić information content (AvgIpc) is 2.68. The summed E-state index contributed by atoms with van der Waals surface area (Å²) in [5.41, 5.74) is 1.49. The zero-order valence-corrected chi connectivity index (χ0v) is 15.1. The molecule has 0 saturated heterocycles. The lowest BCUT2D eigenvalue weighted by molar-refractivity contribution is -0.384. The molecule has 3 aromatic rings. The van der Waals surface area contributed by atoms with Gasteiger partial charge in [0, 0.05) is 24.0 Å². The van der Waals surface area contributed by atoms with Crippen molar-refractivity contribution in [2.75, 3.05) is 5.32 Å². The van der Waals surface area contributed by atoms with Crippen molar-refractivity contribution in [1.82, 2.24) is 10.2 Å². The second-order valence-corrected chi connectivity index (χ2v) is 6.74. The molecular weight excluding hydrogens is 384 g/mol. The number of carbonyl (C=O) groups excluding carboxylic acids is 1. The summed E-state index contributed by atoms with van der Waals surface area (Å²) < 4.78 is 0. The van der Waals surface area contributed by atoms with Gasteiger partial charge in [0.15, 0.2) is 0 Å². The molecule has 1 amide bonds. The van der Waals surface area contributed by atoms with Crippen LogP contribution >= 0.6 is 11.6 Å². The van der Waals surface area contributed by atoms with Gasteiger partial charge < -0.3 is 5.32 Å². The van der Waals surface area contributed by atoms with Gasteiger partial charge in [-0.25, -0.2) is 5.10 Å². The predicted octanol–water partition coefficient (Wildman–Crippen LogP) is 3.47. The number of H-pyrrole nitrogens is 1. The smallest absolute Gasteiger partial charge is 0.288 e. The van der Waals surface area contributed by atoms with Gasteiger partial charge in [0.2, 0.25) is 5.91 Å². The van der Waals surface area contributed by atoms with E-state index < -0.39 is 16.4 Å². The van der Waals surface area contributed by atoms with E-state index in [4.69, 9.17) is 11.6 Å². The first-order chi connectivity index (χ1) is 13.5. The molecule has 140 valence electrons. The number of fused-ring (bicyclic) bond motifs is 1. The van der Waals surface area contributed by atoms with Crippen LogP contribution in [-0.4, -0.2) is 21.0 Å². The quantitative estimate of drug-likeness (QED) is 0.519. The molecule has 2 aromatic carbocycles. The molecule has 0 aliphatic carbocycles. The van der Waals surface area contributed by atoms with Crippen LogP contribution in [0.25, 0.3) is 11.3 Å². The molecule has 0 saturated carbocycles. The number of anilines is 1. The van der Waals surface area contributed by atoms with Crippen LogP contribution in [0.1, 0.15) is 23.5 Å². The Balaban J connectivity index is 1.93. The van der Waals surface area contributed by atoms with Gasteiger partial charge in [0.25, 0.3) is 11.2 Å². The Hall–Kier alpha value is -3.52. The van der Waals surface area contributed by atoms with Crippen molar-refractivity contribution >= 4 is 28.9 Å². The van der Waals surface area contributed by atoms with Crippen LogP contribution in [0.4, 0.5) is 11.4 Å². The van der Waals surface area contributed by atoms with E-state index in [0.29, 0.717) is 22.5 Å². The van der Waals surface area contributed by atoms with E-state index in [1.165, 1.54) is 12.1 Å². The van der Waals surface area contributed by atoms with E-state index >= 15 is 0 Å². The third kappa shape index (κ3) is 3.03. The number of nitrogens with zero attached hydrogens (tertiary/aromatic N) is 2. The van der Waals surface area contributed by atoms with Crippen molar-refractivity contribution < 1.29 is 9.72 Å². The fraction of sp³-hybridized carbons (Fsp3) is 0.105. The lowest BCUT2D eigenvalue weighted by atomic mass is 9.84. The summed E-state index contributed by atoms with van der Waals surface area (Å²) in [7, 11) is 0. The van der Waals surface area contributed by atoms with Crippen molar-refractivity contribution in [3.8, 4) is 11.3 Å². The number of halogens is 1. The molecule has 1 unspecified atom stereocenters. The number of benzene rings is 2. The largest absolute Gasteiger partial charge is 0.324 e. The fourth-order valence-corrected chi connectivity index (χ4v) is 3.56. The molecule has 2 heterocycles. The third-order valence-corrected chi connectivity index (χ3v) is 4.96. The van der Waals surface area contributed by atoms with E-state index in [1.807, 2.05) is 30.3 Å². The molecule has 1 aliphatic rings. The third-order valence-electron chi connectivity index (χ3n) is 4.64. The maximum absolute atomic E-state index is 12.6. The van der Waals surface area contributed by atoms with Crippen LogP contribution in [0, 0.1) is 10.1 Å². The summed E-state index contributed by atoms with van der Waals surface area (Å²) in [5.74, 6) is -0.964. The first-order valence-corrected chi connectivity index (χ1v) is 8.75. The summed E-state index contributed by atoms with van der Waals surface area (Å²) in [6.45, 7) is 0. The zero-order chi connectivity index (χ0) is 19.8. The number of carbonyl (C=O) groups is 1. The first-order valence-electron chi connectivity index (χ1n) is 8.37. The molecule has 1 atom stereocenters. The van der Waals surface area contributed by atoms with Crippen LogP contribution in [0.2, 0.25) is 5.02 Å². The average molecular weight is 397 g/mol. The molecule has 8 nitrogen and oxygen atoms in total. The van der Waals surface area contributed by atoms with E-state index in [-0.39, 0.29) is 23.0 Å². The second kappa shape index (κ2) is 6.90. The van der Waals surface area contributed by atoms with E-state index in [0.717, 1.165) is 5.56 Å². The zero-order valence-electron chi connectivity index (χ0n) is 14.3. The number of aromatic nitrogens is 2. The maximum Gasteiger partial charge on any atom is 0.288 e. The molecule has 0 bridgehead atoms. The Morgan fingerprint density at radius 1 is 1.14 bits per heavy atom. The van der Waals surface area contributed by atoms with Crippen molar-refractivity contribution in [3.63, 3.8) is 0 Å². The SMILES string of the molecule is O=C1CC(c2ccc(Cl)c([N+](=O)[O-])c2)c2c(c(-c3ccccc3)n[nH]c2=O)N1. The standard InChI is InChI=1S/C19H13ClN4O4/c20-13-7-6-11(8-14(13)24(27)28)12-9-15(25)21-18-16(12)19(26)23-22-17(18)10-4-2-1-3-5-10/h1-8,12H,9H2,(H,21,25)(H,23,26). The normalized spacial score (nSPS) is 15.6. The molecule has 0 fully saturated rings. The maximum atomic E-state index is 12.6. The molecule has 0 radical (unpaired) electrons. The van der Waals surface area contributed by atoms with E-state index in [9.17, 15) is 19.7 Å².